The number of halogens is 2. The molecule has 3 aliphatic rings. The van der Waals surface area contributed by atoms with Gasteiger partial charge in [-0.3, -0.25) is 14.4 Å². The van der Waals surface area contributed by atoms with Gasteiger partial charge in [0.2, 0.25) is 5.91 Å². The molecule has 5 nitrogen and oxygen atoms in total. The highest BCUT2D eigenvalue weighted by atomic mass is 35.5. The molecule has 1 saturated heterocycles. The van der Waals surface area contributed by atoms with E-state index in [4.69, 9.17) is 23.2 Å². The highest BCUT2D eigenvalue weighted by Crippen LogP contribution is 2.59. The summed E-state index contributed by atoms with van der Waals surface area (Å²) < 4.78 is 0. The van der Waals surface area contributed by atoms with Crippen molar-refractivity contribution in [2.45, 2.75) is 31.3 Å². The Morgan fingerprint density at radius 3 is 2.51 bits per heavy atom. The molecule has 7 rings (SSSR count). The zero-order chi connectivity index (χ0) is 28.6. The first-order chi connectivity index (χ1) is 19.7. The number of carbonyl (C=O) groups excluding carboxylic acids is 3. The van der Waals surface area contributed by atoms with Gasteiger partial charge in [0.05, 0.1) is 21.9 Å². The molecule has 1 fully saturated rings. The lowest BCUT2D eigenvalue weighted by molar-refractivity contribution is -0.121. The number of ketones is 2. The summed E-state index contributed by atoms with van der Waals surface area (Å²) in [6.45, 7) is 4.04. The summed E-state index contributed by atoms with van der Waals surface area (Å²) in [7, 11) is 0. The van der Waals surface area contributed by atoms with Crippen LogP contribution in [0.15, 0.2) is 84.3 Å². The van der Waals surface area contributed by atoms with Crippen LogP contribution in [-0.4, -0.2) is 29.6 Å². The Bertz CT molecular complexity index is 1810. The Balaban J connectivity index is 1.57. The Kier molecular flexibility index (Phi) is 6.02. The predicted octanol–water partition coefficient (Wildman–Crippen LogP) is 7.61. The molecule has 0 saturated carbocycles. The first-order valence-electron chi connectivity index (χ1n) is 13.3. The van der Waals surface area contributed by atoms with Crippen LogP contribution in [0.5, 0.6) is 0 Å². The topological polar surface area (TPSA) is 66.5 Å². The number of nitrogens with zero attached hydrogens (tertiary/aromatic N) is 1. The number of nitrogens with one attached hydrogen (secondary N) is 1. The van der Waals surface area contributed by atoms with Gasteiger partial charge in [0.15, 0.2) is 11.6 Å². The first kappa shape index (κ1) is 26.2. The minimum atomic E-state index is -1.39. The number of hydrogen-bond donors (Lipinski definition) is 1. The molecular formula is C33H24Cl2N2O3S. The van der Waals surface area contributed by atoms with Crippen LogP contribution in [0.25, 0.3) is 5.57 Å². The van der Waals surface area contributed by atoms with Gasteiger partial charge < -0.3 is 10.2 Å². The molecule has 41 heavy (non-hydrogen) atoms. The molecule has 0 bridgehead atoms. The standard InChI is InChI=1S/C33H24Cl2N2O3S/c1-17-9-12-25-21(14-17)18(2)15-27-33(22-6-3-4-7-24(22)36-32(33)40)28(30(38)20-11-10-19(34)16-23(20)35)29(37(25)27)31(39)26-8-5-13-41-26/h3-16,27-29H,1-2H3,(H,36,40)/t27-,28+,29-,33-/m0/s1. The van der Waals surface area contributed by atoms with Gasteiger partial charge in [-0.05, 0) is 72.8 Å². The van der Waals surface area contributed by atoms with Gasteiger partial charge in [0.25, 0.3) is 0 Å². The van der Waals surface area contributed by atoms with Crippen LogP contribution in [0, 0.1) is 12.8 Å². The molecule has 204 valence electrons. The maximum Gasteiger partial charge on any atom is 0.238 e. The number of aryl methyl sites for hydroxylation is 1. The number of carbonyl (C=O) groups is 3. The largest absolute Gasteiger partial charge is 0.352 e. The fourth-order valence-electron chi connectivity index (χ4n) is 6.97. The van der Waals surface area contributed by atoms with E-state index in [-0.39, 0.29) is 28.1 Å². The third kappa shape index (κ3) is 3.64. The Hall–Kier alpha value is -3.71. The molecule has 4 heterocycles. The number of anilines is 2. The molecule has 0 unspecified atom stereocenters. The summed E-state index contributed by atoms with van der Waals surface area (Å²) in [6, 6.07) is 20.3. The molecule has 1 N–H and O–H groups in total. The Labute approximate surface area is 251 Å². The van der Waals surface area contributed by atoms with E-state index in [0.717, 1.165) is 22.4 Å². The molecule has 3 aliphatic heterocycles. The van der Waals surface area contributed by atoms with Crippen LogP contribution in [0.1, 0.15) is 43.6 Å². The molecule has 0 radical (unpaired) electrons. The van der Waals surface area contributed by atoms with Gasteiger partial charge in [-0.15, -0.1) is 11.3 Å². The summed E-state index contributed by atoms with van der Waals surface area (Å²) >= 11 is 14.1. The quantitative estimate of drug-likeness (QED) is 0.245. The summed E-state index contributed by atoms with van der Waals surface area (Å²) in [4.78, 5) is 46.4. The summed E-state index contributed by atoms with van der Waals surface area (Å²) in [5.74, 6) is -1.97. The molecular weight excluding hydrogens is 575 g/mol. The third-order valence-corrected chi connectivity index (χ3v) is 10.1. The molecule has 0 aliphatic carbocycles. The van der Waals surface area contributed by atoms with Crippen molar-refractivity contribution in [3.05, 3.63) is 121 Å². The lowest BCUT2D eigenvalue weighted by atomic mass is 9.64. The van der Waals surface area contributed by atoms with Crippen molar-refractivity contribution in [2.75, 3.05) is 10.2 Å². The molecule has 4 atom stereocenters. The fraction of sp³-hybridized carbons (Fsp3) is 0.182. The zero-order valence-electron chi connectivity index (χ0n) is 22.2. The second-order valence-electron chi connectivity index (χ2n) is 10.8. The second-order valence-corrected chi connectivity index (χ2v) is 12.6. The minimum absolute atomic E-state index is 0.180. The van der Waals surface area contributed by atoms with E-state index in [2.05, 4.69) is 17.5 Å². The fourth-order valence-corrected chi connectivity index (χ4v) is 8.17. The van der Waals surface area contributed by atoms with Crippen molar-refractivity contribution in [1.82, 2.24) is 0 Å². The van der Waals surface area contributed by atoms with E-state index >= 15 is 0 Å². The Morgan fingerprint density at radius 1 is 0.951 bits per heavy atom. The average Bonchev–Trinajstić information content (AvgIpc) is 3.65. The number of para-hydroxylation sites is 1. The van der Waals surface area contributed by atoms with Crippen molar-refractivity contribution >= 4 is 69.0 Å². The van der Waals surface area contributed by atoms with Crippen molar-refractivity contribution < 1.29 is 14.4 Å². The van der Waals surface area contributed by atoms with Crippen molar-refractivity contribution in [1.29, 1.82) is 0 Å². The van der Waals surface area contributed by atoms with Crippen LogP contribution < -0.4 is 10.2 Å². The van der Waals surface area contributed by atoms with Gasteiger partial charge in [-0.25, -0.2) is 0 Å². The van der Waals surface area contributed by atoms with Crippen molar-refractivity contribution in [2.24, 2.45) is 5.92 Å². The molecule has 1 amide bonds. The van der Waals surface area contributed by atoms with Crippen molar-refractivity contribution in [3.63, 3.8) is 0 Å². The Morgan fingerprint density at radius 2 is 1.76 bits per heavy atom. The van der Waals surface area contributed by atoms with E-state index in [1.165, 1.54) is 17.4 Å². The lowest BCUT2D eigenvalue weighted by Crippen LogP contribution is -2.51. The monoisotopic (exact) mass is 598 g/mol. The summed E-state index contributed by atoms with van der Waals surface area (Å²) in [5.41, 5.74) is 4.04. The summed E-state index contributed by atoms with van der Waals surface area (Å²) in [5, 5.41) is 5.47. The number of allylic oxidation sites excluding steroid dienone is 1. The van der Waals surface area contributed by atoms with Gasteiger partial charge >= 0.3 is 0 Å². The average molecular weight is 600 g/mol. The van der Waals surface area contributed by atoms with Crippen molar-refractivity contribution in [3.8, 4) is 0 Å². The zero-order valence-corrected chi connectivity index (χ0v) is 24.5. The number of benzene rings is 3. The van der Waals surface area contributed by atoms with Gasteiger partial charge in [0.1, 0.15) is 11.5 Å². The van der Waals surface area contributed by atoms with E-state index in [0.29, 0.717) is 21.2 Å². The molecule has 8 heteroatoms. The number of rotatable bonds is 4. The van der Waals surface area contributed by atoms with Gasteiger partial charge in [-0.1, -0.05) is 65.2 Å². The molecule has 1 aromatic heterocycles. The predicted molar refractivity (Wildman–Crippen MR) is 165 cm³/mol. The molecule has 3 aromatic carbocycles. The van der Waals surface area contributed by atoms with Crippen LogP contribution in [-0.2, 0) is 10.2 Å². The maximum absolute atomic E-state index is 14.9. The lowest BCUT2D eigenvalue weighted by Gasteiger charge is -2.39. The van der Waals surface area contributed by atoms with E-state index in [9.17, 15) is 14.4 Å². The number of amides is 1. The molecule has 4 aromatic rings. The van der Waals surface area contributed by atoms with Crippen LogP contribution in [0.2, 0.25) is 10.0 Å². The van der Waals surface area contributed by atoms with Crippen LogP contribution in [0.4, 0.5) is 11.4 Å². The maximum atomic E-state index is 14.9. The van der Waals surface area contributed by atoms with E-state index < -0.39 is 23.4 Å². The number of thiophene rings is 1. The van der Waals surface area contributed by atoms with Crippen LogP contribution >= 0.6 is 34.5 Å². The second kappa shape index (κ2) is 9.41. The SMILES string of the molecule is CC1=C[C@@H]2N(c3ccc(C)cc31)[C@H](C(=O)c1cccs1)[C@H](C(=O)c1ccc(Cl)cc1Cl)[C@@]21C(=O)Nc2ccccc21. The highest BCUT2D eigenvalue weighted by Gasteiger charge is 2.70. The van der Waals surface area contributed by atoms with Crippen LogP contribution in [0.3, 0.4) is 0 Å². The molecule has 1 spiro atoms. The minimum Gasteiger partial charge on any atom is -0.352 e. The normalized spacial score (nSPS) is 24.0. The summed E-state index contributed by atoms with van der Waals surface area (Å²) in [6.07, 6.45) is 2.05. The number of Topliss-reactive ketones (excluding diaryl/α,β-unsaturated/α-hetero) is 2. The first-order valence-corrected chi connectivity index (χ1v) is 14.9. The van der Waals surface area contributed by atoms with E-state index in [1.807, 2.05) is 66.6 Å². The third-order valence-electron chi connectivity index (χ3n) is 8.64. The van der Waals surface area contributed by atoms with Gasteiger partial charge in [0, 0.05) is 27.5 Å². The van der Waals surface area contributed by atoms with E-state index in [1.54, 1.807) is 18.2 Å². The highest BCUT2D eigenvalue weighted by molar-refractivity contribution is 7.12. The number of hydrogen-bond acceptors (Lipinski definition) is 5. The van der Waals surface area contributed by atoms with Gasteiger partial charge in [-0.2, -0.15) is 0 Å². The number of fused-ring (bicyclic) bond motifs is 6. The smallest absolute Gasteiger partial charge is 0.238 e.